The first-order valence-corrected chi connectivity index (χ1v) is 7.96. The zero-order chi connectivity index (χ0) is 12.8. The Hall–Kier alpha value is -0.710. The first kappa shape index (κ1) is 12.3. The van der Waals surface area contributed by atoms with E-state index in [4.69, 9.17) is 0 Å². The van der Waals surface area contributed by atoms with Crippen LogP contribution in [0.5, 0.6) is 0 Å². The van der Waals surface area contributed by atoms with Crippen molar-refractivity contribution in [2.24, 2.45) is 5.92 Å². The molecule has 0 radical (unpaired) electrons. The van der Waals surface area contributed by atoms with E-state index in [0.717, 1.165) is 37.2 Å². The molecule has 0 aromatic heterocycles. The fraction of sp³-hybridized carbons (Fsp3) is 0.846. The van der Waals surface area contributed by atoms with Gasteiger partial charge in [-0.1, -0.05) is 0 Å². The maximum atomic E-state index is 12.7. The van der Waals surface area contributed by atoms with Gasteiger partial charge in [0.15, 0.2) is 0 Å². The molecule has 0 spiro atoms. The highest BCUT2D eigenvalue weighted by molar-refractivity contribution is 7.99. The lowest BCUT2D eigenvalue weighted by atomic mass is 9.90. The van der Waals surface area contributed by atoms with E-state index >= 15 is 0 Å². The van der Waals surface area contributed by atoms with E-state index in [9.17, 15) is 9.59 Å². The number of nitrogens with one attached hydrogen (secondary N) is 1. The zero-order valence-electron chi connectivity index (χ0n) is 10.8. The van der Waals surface area contributed by atoms with Crippen molar-refractivity contribution >= 4 is 23.6 Å². The van der Waals surface area contributed by atoms with Gasteiger partial charge in [-0.15, -0.1) is 0 Å². The van der Waals surface area contributed by atoms with Crippen molar-refractivity contribution in [3.05, 3.63) is 0 Å². The van der Waals surface area contributed by atoms with Crippen LogP contribution < -0.4 is 5.32 Å². The molecule has 0 bridgehead atoms. The first-order valence-electron chi connectivity index (χ1n) is 6.81. The van der Waals surface area contributed by atoms with E-state index < -0.39 is 5.54 Å². The molecular weight excluding hydrogens is 248 g/mol. The van der Waals surface area contributed by atoms with Crippen molar-refractivity contribution in [2.45, 2.75) is 44.2 Å². The van der Waals surface area contributed by atoms with E-state index in [1.807, 2.05) is 23.6 Å². The molecule has 100 valence electrons. The first-order chi connectivity index (χ1) is 8.61. The van der Waals surface area contributed by atoms with Crippen LogP contribution in [-0.2, 0) is 9.59 Å². The molecule has 5 heteroatoms. The van der Waals surface area contributed by atoms with Crippen molar-refractivity contribution in [1.82, 2.24) is 10.2 Å². The van der Waals surface area contributed by atoms with Gasteiger partial charge in [-0.25, -0.2) is 0 Å². The fourth-order valence-corrected chi connectivity index (χ4v) is 4.22. The lowest BCUT2D eigenvalue weighted by molar-refractivity contribution is -0.152. The van der Waals surface area contributed by atoms with Crippen LogP contribution in [0.1, 0.15) is 32.6 Å². The molecule has 1 aliphatic carbocycles. The molecule has 3 aliphatic rings. The summed E-state index contributed by atoms with van der Waals surface area (Å²) in [5.74, 6) is 2.74. The van der Waals surface area contributed by atoms with Crippen molar-refractivity contribution in [3.63, 3.8) is 0 Å². The smallest absolute Gasteiger partial charge is 0.249 e. The third-order valence-electron chi connectivity index (χ3n) is 4.44. The predicted molar refractivity (Wildman–Crippen MR) is 71.3 cm³/mol. The van der Waals surface area contributed by atoms with Crippen LogP contribution in [0.25, 0.3) is 0 Å². The molecule has 1 unspecified atom stereocenters. The Morgan fingerprint density at radius 2 is 1.89 bits per heavy atom. The Morgan fingerprint density at radius 3 is 2.50 bits per heavy atom. The normalized spacial score (nSPS) is 34.6. The van der Waals surface area contributed by atoms with Gasteiger partial charge in [0.05, 0.1) is 6.54 Å². The van der Waals surface area contributed by atoms with Crippen LogP contribution in [0.2, 0.25) is 0 Å². The van der Waals surface area contributed by atoms with Gasteiger partial charge in [-0.2, -0.15) is 11.8 Å². The second kappa shape index (κ2) is 4.44. The molecular formula is C13H20N2O2S. The molecule has 3 rings (SSSR count). The van der Waals surface area contributed by atoms with Gasteiger partial charge < -0.3 is 10.2 Å². The molecule has 3 fully saturated rings. The maximum Gasteiger partial charge on any atom is 0.249 e. The molecule has 1 saturated carbocycles. The maximum absolute atomic E-state index is 12.7. The molecule has 1 N–H and O–H groups in total. The summed E-state index contributed by atoms with van der Waals surface area (Å²) in [5.41, 5.74) is -0.625. The predicted octanol–water partition coefficient (Wildman–Crippen LogP) is 1.01. The second-order valence-corrected chi connectivity index (χ2v) is 7.03. The summed E-state index contributed by atoms with van der Waals surface area (Å²) in [6.45, 7) is 2.17. The molecule has 0 aromatic rings. The summed E-state index contributed by atoms with van der Waals surface area (Å²) < 4.78 is 0. The minimum Gasteiger partial charge on any atom is -0.340 e. The summed E-state index contributed by atoms with van der Waals surface area (Å²) >= 11 is 1.94. The van der Waals surface area contributed by atoms with Gasteiger partial charge in [-0.3, -0.25) is 9.59 Å². The number of carbonyl (C=O) groups is 2. The van der Waals surface area contributed by atoms with Crippen molar-refractivity contribution in [3.8, 4) is 0 Å². The summed E-state index contributed by atoms with van der Waals surface area (Å²) in [7, 11) is 0. The number of thioether (sulfide) groups is 1. The summed E-state index contributed by atoms with van der Waals surface area (Å²) in [5, 5.41) is 2.94. The molecule has 4 nitrogen and oxygen atoms in total. The Bertz CT molecular complexity index is 377. The van der Waals surface area contributed by atoms with Crippen molar-refractivity contribution in [2.75, 3.05) is 18.1 Å². The second-order valence-electron chi connectivity index (χ2n) is 5.80. The highest BCUT2D eigenvalue weighted by Crippen LogP contribution is 2.42. The SMILES string of the molecule is CC1(C2CC2)NC(=O)CN(C2CCSCC2)C1=O. The summed E-state index contributed by atoms with van der Waals surface area (Å²) in [6.07, 6.45) is 4.20. The number of nitrogens with zero attached hydrogens (tertiary/aromatic N) is 1. The van der Waals surface area contributed by atoms with E-state index in [2.05, 4.69) is 5.32 Å². The minimum atomic E-state index is -0.625. The van der Waals surface area contributed by atoms with Gasteiger partial charge in [-0.05, 0) is 50.0 Å². The Labute approximate surface area is 112 Å². The number of piperazine rings is 1. The minimum absolute atomic E-state index is 0.0160. The lowest BCUT2D eigenvalue weighted by Crippen LogP contribution is -2.68. The van der Waals surface area contributed by atoms with Crippen molar-refractivity contribution in [1.29, 1.82) is 0 Å². The molecule has 2 saturated heterocycles. The number of rotatable bonds is 2. The van der Waals surface area contributed by atoms with Gasteiger partial charge in [0, 0.05) is 6.04 Å². The van der Waals surface area contributed by atoms with Crippen LogP contribution in [0.3, 0.4) is 0 Å². The van der Waals surface area contributed by atoms with Crippen molar-refractivity contribution < 1.29 is 9.59 Å². The average molecular weight is 268 g/mol. The van der Waals surface area contributed by atoms with Gasteiger partial charge >= 0.3 is 0 Å². The number of carbonyl (C=O) groups excluding carboxylic acids is 2. The molecule has 18 heavy (non-hydrogen) atoms. The Morgan fingerprint density at radius 1 is 1.22 bits per heavy atom. The monoisotopic (exact) mass is 268 g/mol. The van der Waals surface area contributed by atoms with Crippen LogP contribution in [0, 0.1) is 5.92 Å². The number of hydrogen-bond donors (Lipinski definition) is 1. The highest BCUT2D eigenvalue weighted by atomic mass is 32.2. The van der Waals surface area contributed by atoms with E-state index in [1.54, 1.807) is 0 Å². The quantitative estimate of drug-likeness (QED) is 0.813. The van der Waals surface area contributed by atoms with E-state index in [1.165, 1.54) is 0 Å². The third kappa shape index (κ3) is 2.02. The number of hydrogen-bond acceptors (Lipinski definition) is 3. The molecule has 2 amide bonds. The molecule has 0 aromatic carbocycles. The summed E-state index contributed by atoms with van der Waals surface area (Å²) in [4.78, 5) is 26.4. The van der Waals surface area contributed by atoms with E-state index in [0.29, 0.717) is 5.92 Å². The van der Waals surface area contributed by atoms with Crippen LogP contribution >= 0.6 is 11.8 Å². The molecule has 1 atom stereocenters. The van der Waals surface area contributed by atoms with Gasteiger partial charge in [0.1, 0.15) is 5.54 Å². The van der Waals surface area contributed by atoms with Gasteiger partial charge in [0.25, 0.3) is 0 Å². The lowest BCUT2D eigenvalue weighted by Gasteiger charge is -2.44. The molecule has 2 heterocycles. The Kier molecular flexibility index (Phi) is 3.04. The topological polar surface area (TPSA) is 49.4 Å². The molecule has 2 aliphatic heterocycles. The summed E-state index contributed by atoms with van der Waals surface area (Å²) in [6, 6.07) is 0.280. The van der Waals surface area contributed by atoms with Crippen LogP contribution in [0.15, 0.2) is 0 Å². The Balaban J connectivity index is 1.80. The third-order valence-corrected chi connectivity index (χ3v) is 5.49. The number of amides is 2. The van der Waals surface area contributed by atoms with Gasteiger partial charge in [0.2, 0.25) is 11.8 Å². The van der Waals surface area contributed by atoms with Crippen LogP contribution in [0.4, 0.5) is 0 Å². The standard InChI is InChI=1S/C13H20N2O2S/c1-13(9-2-3-9)12(17)15(8-11(16)14-13)10-4-6-18-7-5-10/h9-10H,2-8H2,1H3,(H,14,16). The average Bonchev–Trinajstić information content (AvgIpc) is 3.19. The van der Waals surface area contributed by atoms with Crippen LogP contribution in [-0.4, -0.2) is 46.3 Å². The van der Waals surface area contributed by atoms with E-state index in [-0.39, 0.29) is 24.4 Å². The zero-order valence-corrected chi connectivity index (χ0v) is 11.6. The fourth-order valence-electron chi connectivity index (χ4n) is 3.14. The highest BCUT2D eigenvalue weighted by Gasteiger charge is 2.53. The largest absolute Gasteiger partial charge is 0.340 e.